The molecule has 0 unspecified atom stereocenters. The highest BCUT2D eigenvalue weighted by Gasteiger charge is 2.20. The number of hydrogen-bond acceptors (Lipinski definition) is 3. The molecule has 0 bridgehead atoms. The highest BCUT2D eigenvalue weighted by Crippen LogP contribution is 2.27. The maximum absolute atomic E-state index is 9.17. The van der Waals surface area contributed by atoms with Crippen LogP contribution >= 0.6 is 11.6 Å². The molecule has 4 nitrogen and oxygen atoms in total. The van der Waals surface area contributed by atoms with Crippen LogP contribution in [0.2, 0.25) is 5.02 Å². The van der Waals surface area contributed by atoms with Crippen molar-refractivity contribution in [2.75, 3.05) is 12.4 Å². The van der Waals surface area contributed by atoms with Crippen molar-refractivity contribution >= 4 is 17.4 Å². The molecule has 0 aliphatic rings. The number of halogens is 1. The molecular weight excluding hydrogens is 274 g/mol. The van der Waals surface area contributed by atoms with Gasteiger partial charge in [-0.1, -0.05) is 38.4 Å². The van der Waals surface area contributed by atoms with Gasteiger partial charge in [-0.25, -0.2) is 4.68 Å². The topological polar surface area (TPSA) is 50.1 Å². The average molecular weight is 294 g/mol. The van der Waals surface area contributed by atoms with E-state index in [1.54, 1.807) is 0 Å². The van der Waals surface area contributed by atoms with Crippen molar-refractivity contribution in [1.82, 2.24) is 9.78 Å². The van der Waals surface area contributed by atoms with Crippen LogP contribution in [0.1, 0.15) is 32.0 Å². The molecule has 5 heteroatoms. The Morgan fingerprint density at radius 2 is 2.00 bits per heavy atom. The lowest BCUT2D eigenvalue weighted by atomic mass is 9.92. The van der Waals surface area contributed by atoms with E-state index < -0.39 is 0 Å². The Balaban J connectivity index is 2.52. The first-order valence-electron chi connectivity index (χ1n) is 6.54. The van der Waals surface area contributed by atoms with E-state index in [9.17, 15) is 5.11 Å². The lowest BCUT2D eigenvalue weighted by molar-refractivity contribution is 0.282. The first kappa shape index (κ1) is 14.9. The summed E-state index contributed by atoms with van der Waals surface area (Å²) < 4.78 is 1.83. The standard InChI is InChI=1S/C15H20ClN3O/c1-15(2,3)13-8-14(17-4)19(18-13)11-6-5-10(9-20)12(16)7-11/h5-8,17,20H,9H2,1-4H3. The van der Waals surface area contributed by atoms with Gasteiger partial charge in [0.25, 0.3) is 0 Å². The third kappa shape index (κ3) is 2.81. The summed E-state index contributed by atoms with van der Waals surface area (Å²) in [5, 5.41) is 17.5. The number of rotatable bonds is 3. The smallest absolute Gasteiger partial charge is 0.129 e. The van der Waals surface area contributed by atoms with Crippen LogP contribution in [0.25, 0.3) is 5.69 Å². The molecule has 108 valence electrons. The van der Waals surface area contributed by atoms with Crippen molar-refractivity contribution in [3.8, 4) is 5.69 Å². The number of hydrogen-bond donors (Lipinski definition) is 2. The molecule has 1 aromatic carbocycles. The van der Waals surface area contributed by atoms with Gasteiger partial charge in [0.05, 0.1) is 18.0 Å². The molecule has 0 aliphatic carbocycles. The molecule has 0 amide bonds. The second-order valence-electron chi connectivity index (χ2n) is 5.76. The number of anilines is 1. The van der Waals surface area contributed by atoms with E-state index in [4.69, 9.17) is 11.6 Å². The molecule has 2 N–H and O–H groups in total. The Kier molecular flexibility index (Phi) is 4.06. The Morgan fingerprint density at radius 1 is 1.30 bits per heavy atom. The van der Waals surface area contributed by atoms with Crippen LogP contribution in [0.3, 0.4) is 0 Å². The summed E-state index contributed by atoms with van der Waals surface area (Å²) in [7, 11) is 1.86. The maximum Gasteiger partial charge on any atom is 0.129 e. The molecule has 2 aromatic rings. The zero-order valence-electron chi connectivity index (χ0n) is 12.2. The van der Waals surface area contributed by atoms with E-state index in [0.717, 1.165) is 17.2 Å². The number of nitrogens with one attached hydrogen (secondary N) is 1. The van der Waals surface area contributed by atoms with Gasteiger partial charge < -0.3 is 10.4 Å². The van der Waals surface area contributed by atoms with Gasteiger partial charge in [0.2, 0.25) is 0 Å². The Morgan fingerprint density at radius 3 is 2.50 bits per heavy atom. The monoisotopic (exact) mass is 293 g/mol. The van der Waals surface area contributed by atoms with Crippen molar-refractivity contribution < 1.29 is 5.11 Å². The van der Waals surface area contributed by atoms with Crippen molar-refractivity contribution in [2.24, 2.45) is 0 Å². The second-order valence-corrected chi connectivity index (χ2v) is 6.17. The van der Waals surface area contributed by atoms with Gasteiger partial charge in [-0.2, -0.15) is 5.10 Å². The van der Waals surface area contributed by atoms with Gasteiger partial charge in [0.1, 0.15) is 5.82 Å². The summed E-state index contributed by atoms with van der Waals surface area (Å²) >= 11 is 6.15. The Labute approximate surface area is 124 Å². The van der Waals surface area contributed by atoms with Gasteiger partial charge in [0.15, 0.2) is 0 Å². The van der Waals surface area contributed by atoms with Crippen molar-refractivity contribution in [3.63, 3.8) is 0 Å². The van der Waals surface area contributed by atoms with Gasteiger partial charge in [-0.15, -0.1) is 0 Å². The summed E-state index contributed by atoms with van der Waals surface area (Å²) in [5.74, 6) is 0.905. The normalized spacial score (nSPS) is 11.7. The molecule has 0 aliphatic heterocycles. The van der Waals surface area contributed by atoms with Crippen molar-refractivity contribution in [1.29, 1.82) is 0 Å². The number of aromatic nitrogens is 2. The molecule has 2 rings (SSSR count). The molecule has 20 heavy (non-hydrogen) atoms. The highest BCUT2D eigenvalue weighted by molar-refractivity contribution is 6.31. The van der Waals surface area contributed by atoms with Crippen LogP contribution in [0.4, 0.5) is 5.82 Å². The fourth-order valence-electron chi connectivity index (χ4n) is 1.92. The first-order chi connectivity index (χ1) is 9.36. The number of nitrogens with zero attached hydrogens (tertiary/aromatic N) is 2. The van der Waals surface area contributed by atoms with Crippen LogP contribution < -0.4 is 5.32 Å². The Bertz CT molecular complexity index is 614. The van der Waals surface area contributed by atoms with Gasteiger partial charge in [0, 0.05) is 23.6 Å². The second kappa shape index (κ2) is 5.46. The Hall–Kier alpha value is -1.52. The summed E-state index contributed by atoms with van der Waals surface area (Å²) in [6.45, 7) is 6.31. The number of aliphatic hydroxyl groups is 1. The fourth-order valence-corrected chi connectivity index (χ4v) is 2.15. The van der Waals surface area contributed by atoms with Crippen molar-refractivity contribution in [2.45, 2.75) is 32.8 Å². The van der Waals surface area contributed by atoms with Gasteiger partial charge >= 0.3 is 0 Å². The molecule has 0 fully saturated rings. The SMILES string of the molecule is CNc1cc(C(C)(C)C)nn1-c1ccc(CO)c(Cl)c1. The summed E-state index contributed by atoms with van der Waals surface area (Å²) in [4.78, 5) is 0. The zero-order valence-corrected chi connectivity index (χ0v) is 13.0. The van der Waals surface area contributed by atoms with Crippen molar-refractivity contribution in [3.05, 3.63) is 40.5 Å². The first-order valence-corrected chi connectivity index (χ1v) is 6.92. The third-order valence-corrected chi connectivity index (χ3v) is 3.54. The summed E-state index contributed by atoms with van der Waals surface area (Å²) in [5.41, 5.74) is 2.56. The van der Waals surface area contributed by atoms with Crippen LogP contribution in [0.15, 0.2) is 24.3 Å². The van der Waals surface area contributed by atoms with E-state index in [1.807, 2.05) is 36.0 Å². The molecule has 0 radical (unpaired) electrons. The summed E-state index contributed by atoms with van der Waals surface area (Å²) in [6.07, 6.45) is 0. The minimum atomic E-state index is -0.0651. The van der Waals surface area contributed by atoms with E-state index in [1.165, 1.54) is 0 Å². The quantitative estimate of drug-likeness (QED) is 0.912. The van der Waals surface area contributed by atoms with E-state index in [-0.39, 0.29) is 12.0 Å². The summed E-state index contributed by atoms with van der Waals surface area (Å²) in [6, 6.07) is 7.56. The number of aliphatic hydroxyl groups excluding tert-OH is 1. The lowest BCUT2D eigenvalue weighted by Gasteiger charge is -2.14. The van der Waals surface area contributed by atoms with Gasteiger partial charge in [-0.3, -0.25) is 0 Å². The highest BCUT2D eigenvalue weighted by atomic mass is 35.5. The molecule has 0 saturated heterocycles. The van der Waals surface area contributed by atoms with Crippen LogP contribution in [-0.2, 0) is 12.0 Å². The zero-order chi connectivity index (χ0) is 14.9. The van der Waals surface area contributed by atoms with Crippen LogP contribution in [0, 0.1) is 0 Å². The molecule has 0 atom stereocenters. The predicted octanol–water partition coefficient (Wildman–Crippen LogP) is 3.36. The predicted molar refractivity (Wildman–Crippen MR) is 82.7 cm³/mol. The molecule has 0 spiro atoms. The largest absolute Gasteiger partial charge is 0.392 e. The van der Waals surface area contributed by atoms with E-state index >= 15 is 0 Å². The molecule has 1 aromatic heterocycles. The van der Waals surface area contributed by atoms with Crippen LogP contribution in [0.5, 0.6) is 0 Å². The lowest BCUT2D eigenvalue weighted by Crippen LogP contribution is -2.12. The minimum Gasteiger partial charge on any atom is -0.392 e. The number of benzene rings is 1. The third-order valence-electron chi connectivity index (χ3n) is 3.19. The minimum absolute atomic E-state index is 0.0221. The average Bonchev–Trinajstić information content (AvgIpc) is 2.82. The fraction of sp³-hybridized carbons (Fsp3) is 0.400. The van der Waals surface area contributed by atoms with E-state index in [2.05, 4.69) is 31.2 Å². The molecule has 0 saturated carbocycles. The molecule has 1 heterocycles. The van der Waals surface area contributed by atoms with E-state index in [0.29, 0.717) is 10.6 Å². The maximum atomic E-state index is 9.17. The molecular formula is C15H20ClN3O. The van der Waals surface area contributed by atoms with Crippen LogP contribution in [-0.4, -0.2) is 21.9 Å². The van der Waals surface area contributed by atoms with Gasteiger partial charge in [-0.05, 0) is 17.7 Å².